The van der Waals surface area contributed by atoms with Gasteiger partial charge in [-0.3, -0.25) is 0 Å². The van der Waals surface area contributed by atoms with E-state index in [-0.39, 0.29) is 10.5 Å². The lowest BCUT2D eigenvalue weighted by Crippen LogP contribution is -2.02. The van der Waals surface area contributed by atoms with E-state index in [4.69, 9.17) is 4.55 Å². The highest BCUT2D eigenvalue weighted by Gasteiger charge is 2.11. The smallest absolute Gasteiger partial charge is 0.337 e. The number of halogens is 1. The molecule has 1 aromatic rings. The average molecular weight is 279 g/mol. The minimum atomic E-state index is -2.12. The fourth-order valence-corrected chi connectivity index (χ4v) is 2.01. The predicted octanol–water partition coefficient (Wildman–Crippen LogP) is 1.82. The first-order valence-electron chi connectivity index (χ1n) is 3.55. The summed E-state index contributed by atoms with van der Waals surface area (Å²) in [6, 6.07) is 4.34. The lowest BCUT2D eigenvalue weighted by Gasteiger charge is -2.02. The molecule has 0 amide bonds. The number of benzene rings is 1. The van der Waals surface area contributed by atoms with Crippen molar-refractivity contribution in [3.8, 4) is 0 Å². The van der Waals surface area contributed by atoms with Gasteiger partial charge in [0.2, 0.25) is 0 Å². The highest BCUT2D eigenvalue weighted by atomic mass is 79.9. The number of ether oxygens (including phenoxy) is 1. The van der Waals surface area contributed by atoms with E-state index in [0.717, 1.165) is 0 Å². The average Bonchev–Trinajstić information content (AvgIpc) is 2.17. The molecule has 0 aliphatic rings. The second-order valence-corrected chi connectivity index (χ2v) is 4.18. The van der Waals surface area contributed by atoms with Gasteiger partial charge in [0.1, 0.15) is 0 Å². The molecule has 0 aromatic heterocycles. The molecule has 1 aromatic carbocycles. The molecule has 1 unspecified atom stereocenters. The first-order valence-corrected chi connectivity index (χ1v) is 5.45. The van der Waals surface area contributed by atoms with E-state index in [1.54, 1.807) is 0 Å². The van der Waals surface area contributed by atoms with Crippen molar-refractivity contribution in [2.24, 2.45) is 0 Å². The largest absolute Gasteiger partial charge is 0.465 e. The highest BCUT2D eigenvalue weighted by Crippen LogP contribution is 2.21. The van der Waals surface area contributed by atoms with Crippen LogP contribution in [0.2, 0.25) is 0 Å². The van der Waals surface area contributed by atoms with Crippen molar-refractivity contribution >= 4 is 33.0 Å². The zero-order valence-corrected chi connectivity index (χ0v) is 9.59. The number of hydrogen-bond acceptors (Lipinski definition) is 3. The second kappa shape index (κ2) is 4.68. The summed E-state index contributed by atoms with van der Waals surface area (Å²) in [5.41, 5.74) is 0.244. The minimum absolute atomic E-state index is 0.146. The molecule has 0 aliphatic heterocycles. The van der Waals surface area contributed by atoms with Gasteiger partial charge in [-0.2, -0.15) is 0 Å². The first kappa shape index (κ1) is 11.4. The molecule has 1 rings (SSSR count). The highest BCUT2D eigenvalue weighted by molar-refractivity contribution is 9.10. The van der Waals surface area contributed by atoms with Gasteiger partial charge >= 0.3 is 5.97 Å². The fourth-order valence-electron chi connectivity index (χ4n) is 0.882. The van der Waals surface area contributed by atoms with Gasteiger partial charge in [-0.25, -0.2) is 9.00 Å². The lowest BCUT2D eigenvalue weighted by atomic mass is 10.2. The summed E-state index contributed by atoms with van der Waals surface area (Å²) < 4.78 is 24.6. The van der Waals surface area contributed by atoms with E-state index in [2.05, 4.69) is 20.7 Å². The van der Waals surface area contributed by atoms with Crippen LogP contribution in [-0.2, 0) is 15.8 Å². The van der Waals surface area contributed by atoms with Gasteiger partial charge in [0.25, 0.3) is 0 Å². The van der Waals surface area contributed by atoms with Crippen LogP contribution in [0, 0.1) is 0 Å². The molecule has 0 spiro atoms. The summed E-state index contributed by atoms with van der Waals surface area (Å²) in [7, 11) is 1.25. The molecular weight excluding hydrogens is 272 g/mol. The topological polar surface area (TPSA) is 63.6 Å². The lowest BCUT2D eigenvalue weighted by molar-refractivity contribution is 0.0600. The quantitative estimate of drug-likeness (QED) is 0.662. The number of carbonyl (C=O) groups excluding carboxylic acids is 1. The first-order chi connectivity index (χ1) is 6.56. The van der Waals surface area contributed by atoms with Gasteiger partial charge in [-0.05, 0) is 34.1 Å². The van der Waals surface area contributed by atoms with E-state index in [0.29, 0.717) is 4.47 Å². The number of rotatable bonds is 2. The second-order valence-electron chi connectivity index (χ2n) is 2.39. The van der Waals surface area contributed by atoms with E-state index in [9.17, 15) is 9.00 Å². The van der Waals surface area contributed by atoms with Crippen LogP contribution in [0.3, 0.4) is 0 Å². The number of carbonyl (C=O) groups is 1. The monoisotopic (exact) mass is 278 g/mol. The summed E-state index contributed by atoms with van der Waals surface area (Å²) in [4.78, 5) is 11.2. The van der Waals surface area contributed by atoms with Gasteiger partial charge in [0, 0.05) is 4.47 Å². The SMILES string of the molecule is COC(=O)c1ccc(Br)c(S(=O)O)c1. The van der Waals surface area contributed by atoms with Crippen LogP contribution in [0.5, 0.6) is 0 Å². The van der Waals surface area contributed by atoms with Crippen molar-refractivity contribution in [1.29, 1.82) is 0 Å². The Morgan fingerprint density at radius 3 is 2.71 bits per heavy atom. The third-order valence-electron chi connectivity index (χ3n) is 1.54. The Balaban J connectivity index is 3.19. The Morgan fingerprint density at radius 2 is 2.21 bits per heavy atom. The molecule has 0 bridgehead atoms. The predicted molar refractivity (Wildman–Crippen MR) is 54.5 cm³/mol. The minimum Gasteiger partial charge on any atom is -0.465 e. The van der Waals surface area contributed by atoms with Crippen molar-refractivity contribution in [1.82, 2.24) is 0 Å². The summed E-state index contributed by atoms with van der Waals surface area (Å²) in [5, 5.41) is 0. The standard InChI is InChI=1S/C8H7BrO4S/c1-13-8(10)5-2-3-6(9)7(4-5)14(11)12/h2-4H,1H3,(H,11,12). The van der Waals surface area contributed by atoms with Crippen LogP contribution < -0.4 is 0 Å². The maximum absolute atomic E-state index is 11.1. The molecule has 0 saturated heterocycles. The van der Waals surface area contributed by atoms with Crippen molar-refractivity contribution in [3.05, 3.63) is 28.2 Å². The molecule has 6 heteroatoms. The third-order valence-corrected chi connectivity index (χ3v) is 3.21. The summed E-state index contributed by atoms with van der Waals surface area (Å²) in [5.74, 6) is -0.538. The van der Waals surface area contributed by atoms with Crippen molar-refractivity contribution < 1.29 is 18.3 Å². The zero-order valence-electron chi connectivity index (χ0n) is 7.19. The molecule has 0 fully saturated rings. The Kier molecular flexibility index (Phi) is 3.79. The van der Waals surface area contributed by atoms with E-state index < -0.39 is 17.0 Å². The number of esters is 1. The van der Waals surface area contributed by atoms with Crippen molar-refractivity contribution in [2.45, 2.75) is 4.90 Å². The van der Waals surface area contributed by atoms with Crippen LogP contribution in [0.4, 0.5) is 0 Å². The van der Waals surface area contributed by atoms with E-state index in [1.165, 1.54) is 25.3 Å². The maximum atomic E-state index is 11.1. The van der Waals surface area contributed by atoms with Crippen molar-refractivity contribution in [2.75, 3.05) is 7.11 Å². The van der Waals surface area contributed by atoms with Crippen LogP contribution >= 0.6 is 15.9 Å². The van der Waals surface area contributed by atoms with E-state index >= 15 is 0 Å². The molecule has 0 radical (unpaired) electrons. The molecule has 1 N–H and O–H groups in total. The molecule has 14 heavy (non-hydrogen) atoms. The molecule has 0 aliphatic carbocycles. The summed E-state index contributed by atoms with van der Waals surface area (Å²) in [6.45, 7) is 0. The van der Waals surface area contributed by atoms with Crippen LogP contribution in [-0.4, -0.2) is 21.8 Å². The molecule has 0 saturated carbocycles. The van der Waals surface area contributed by atoms with Crippen LogP contribution in [0.1, 0.15) is 10.4 Å². The Hall–Kier alpha value is -0.720. The van der Waals surface area contributed by atoms with Gasteiger partial charge in [-0.1, -0.05) is 0 Å². The van der Waals surface area contributed by atoms with E-state index in [1.807, 2.05) is 0 Å². The Bertz CT molecular complexity index is 391. The molecular formula is C8H7BrO4S. The number of hydrogen-bond donors (Lipinski definition) is 1. The molecule has 1 atom stereocenters. The van der Waals surface area contributed by atoms with Crippen LogP contribution in [0.15, 0.2) is 27.6 Å². The molecule has 0 heterocycles. The fraction of sp³-hybridized carbons (Fsp3) is 0.125. The maximum Gasteiger partial charge on any atom is 0.337 e. The third kappa shape index (κ3) is 2.40. The number of methoxy groups -OCH3 is 1. The zero-order chi connectivity index (χ0) is 10.7. The van der Waals surface area contributed by atoms with Gasteiger partial charge in [0.05, 0.1) is 17.6 Å². The van der Waals surface area contributed by atoms with Crippen molar-refractivity contribution in [3.63, 3.8) is 0 Å². The van der Waals surface area contributed by atoms with Crippen LogP contribution in [0.25, 0.3) is 0 Å². The summed E-state index contributed by atoms with van der Waals surface area (Å²) in [6.07, 6.45) is 0. The normalized spacial score (nSPS) is 12.2. The molecule has 4 nitrogen and oxygen atoms in total. The molecule has 76 valence electrons. The van der Waals surface area contributed by atoms with Gasteiger partial charge in [0.15, 0.2) is 11.1 Å². The Labute approximate surface area is 91.7 Å². The Morgan fingerprint density at radius 1 is 1.57 bits per heavy atom. The van der Waals surface area contributed by atoms with Gasteiger partial charge < -0.3 is 9.29 Å². The van der Waals surface area contributed by atoms with Gasteiger partial charge in [-0.15, -0.1) is 0 Å². The summed E-state index contributed by atoms with van der Waals surface area (Å²) >= 11 is 0.973.